The second-order valence-corrected chi connectivity index (χ2v) is 5.79. The molecule has 2 rings (SSSR count). The Balaban J connectivity index is 1.59. The highest BCUT2D eigenvalue weighted by Gasteiger charge is 2.08. The summed E-state index contributed by atoms with van der Waals surface area (Å²) in [5.41, 5.74) is 7.80. The van der Waals surface area contributed by atoms with E-state index in [9.17, 15) is 0 Å². The molecular weight excluding hydrogens is 258 g/mol. The Morgan fingerprint density at radius 2 is 2.16 bits per heavy atom. The fourth-order valence-corrected chi connectivity index (χ4v) is 2.83. The van der Waals surface area contributed by atoms with Crippen LogP contribution in [0.5, 0.6) is 0 Å². The Morgan fingerprint density at radius 3 is 2.89 bits per heavy atom. The maximum atomic E-state index is 5.80. The Bertz CT molecular complexity index is 394. The quantitative estimate of drug-likeness (QED) is 0.474. The third-order valence-electron chi connectivity index (χ3n) is 3.29. The van der Waals surface area contributed by atoms with Crippen LogP contribution in [-0.4, -0.2) is 44.3 Å². The van der Waals surface area contributed by atoms with E-state index in [2.05, 4.69) is 21.8 Å². The number of rotatable bonds is 6. The number of hydrogen-bond acceptors (Lipinski definition) is 5. The fourth-order valence-electron chi connectivity index (χ4n) is 2.05. The lowest BCUT2D eigenvalue weighted by Crippen LogP contribution is -2.37. The topological polar surface area (TPSA) is 50.5 Å². The summed E-state index contributed by atoms with van der Waals surface area (Å²) in [5, 5.41) is 0. The van der Waals surface area contributed by atoms with Crippen molar-refractivity contribution < 1.29 is 4.74 Å². The maximum Gasteiger partial charge on any atom is 0.0594 e. The molecule has 0 atom stereocenters. The summed E-state index contributed by atoms with van der Waals surface area (Å²) in [6.07, 6.45) is 1.17. The zero-order chi connectivity index (χ0) is 13.5. The molecule has 1 fully saturated rings. The molecule has 0 saturated carbocycles. The zero-order valence-corrected chi connectivity index (χ0v) is 12.3. The van der Waals surface area contributed by atoms with Crippen LogP contribution < -0.4 is 10.5 Å². The van der Waals surface area contributed by atoms with Crippen LogP contribution in [0.2, 0.25) is 0 Å². The van der Waals surface area contributed by atoms with E-state index in [1.807, 2.05) is 13.0 Å². The Hall–Kier alpha value is -0.750. The molecule has 0 aromatic heterocycles. The van der Waals surface area contributed by atoms with Crippen molar-refractivity contribution in [2.75, 3.05) is 45.1 Å². The maximum absolute atomic E-state index is 5.80. The molecule has 3 N–H and O–H groups in total. The van der Waals surface area contributed by atoms with Crippen LogP contribution in [0.15, 0.2) is 23.1 Å². The first kappa shape index (κ1) is 14.7. The number of hydrogen-bond donors (Lipinski definition) is 2. The van der Waals surface area contributed by atoms with Crippen molar-refractivity contribution in [1.82, 2.24) is 9.62 Å². The van der Waals surface area contributed by atoms with Crippen molar-refractivity contribution >= 4 is 17.6 Å². The van der Waals surface area contributed by atoms with Gasteiger partial charge >= 0.3 is 0 Å². The molecule has 1 aromatic carbocycles. The monoisotopic (exact) mass is 281 g/mol. The molecule has 4 nitrogen and oxygen atoms in total. The number of ether oxygens (including phenoxy) is 1. The smallest absolute Gasteiger partial charge is 0.0594 e. The second-order valence-electron chi connectivity index (χ2n) is 4.82. The molecule has 1 aromatic rings. The lowest BCUT2D eigenvalue weighted by molar-refractivity contribution is 0.0376. The van der Waals surface area contributed by atoms with E-state index in [0.717, 1.165) is 50.6 Å². The van der Waals surface area contributed by atoms with Gasteiger partial charge in [0.15, 0.2) is 0 Å². The number of nitrogens with one attached hydrogen (secondary N) is 1. The zero-order valence-electron chi connectivity index (χ0n) is 11.5. The molecule has 1 aliphatic rings. The molecule has 0 radical (unpaired) electrons. The lowest BCUT2D eigenvalue weighted by atomic mass is 10.2. The molecule has 0 spiro atoms. The van der Waals surface area contributed by atoms with E-state index in [1.165, 1.54) is 11.3 Å². The number of anilines is 1. The van der Waals surface area contributed by atoms with E-state index in [1.54, 1.807) is 11.9 Å². The molecular formula is C14H23N3OS. The molecule has 1 heterocycles. The van der Waals surface area contributed by atoms with Gasteiger partial charge in [-0.25, -0.2) is 0 Å². The standard InChI is InChI=1S/C14H23N3OS/c1-12-11-13(3-4-14(12)15)19-16-5-2-6-17-7-9-18-10-8-17/h3-4,11,16H,2,5-10,15H2,1H3. The Labute approximate surface area is 119 Å². The Kier molecular flexibility index (Phi) is 5.97. The van der Waals surface area contributed by atoms with Crippen LogP contribution in [0.3, 0.4) is 0 Å². The number of aryl methyl sites for hydroxylation is 1. The van der Waals surface area contributed by atoms with Gasteiger partial charge in [0.2, 0.25) is 0 Å². The summed E-state index contributed by atoms with van der Waals surface area (Å²) < 4.78 is 8.74. The third kappa shape index (κ3) is 5.03. The Morgan fingerprint density at radius 1 is 1.37 bits per heavy atom. The average molecular weight is 281 g/mol. The van der Waals surface area contributed by atoms with Gasteiger partial charge in [-0.2, -0.15) is 0 Å². The van der Waals surface area contributed by atoms with Gasteiger partial charge in [-0.1, -0.05) is 0 Å². The number of morpholine rings is 1. The van der Waals surface area contributed by atoms with Crippen LogP contribution in [0.4, 0.5) is 5.69 Å². The van der Waals surface area contributed by atoms with Crippen molar-refractivity contribution in [3.63, 3.8) is 0 Å². The van der Waals surface area contributed by atoms with Gasteiger partial charge in [-0.05, 0) is 55.6 Å². The van der Waals surface area contributed by atoms with E-state index >= 15 is 0 Å². The van der Waals surface area contributed by atoms with Crippen molar-refractivity contribution in [3.8, 4) is 0 Å². The minimum atomic E-state index is 0.858. The molecule has 0 amide bonds. The van der Waals surface area contributed by atoms with Crippen molar-refractivity contribution in [2.24, 2.45) is 0 Å². The van der Waals surface area contributed by atoms with Gasteiger partial charge < -0.3 is 10.5 Å². The van der Waals surface area contributed by atoms with E-state index in [-0.39, 0.29) is 0 Å². The number of nitrogens with two attached hydrogens (primary N) is 1. The summed E-state index contributed by atoms with van der Waals surface area (Å²) in [6.45, 7) is 8.12. The molecule has 5 heteroatoms. The normalized spacial score (nSPS) is 16.7. The number of benzene rings is 1. The second kappa shape index (κ2) is 7.75. The average Bonchev–Trinajstić information content (AvgIpc) is 2.43. The SMILES string of the molecule is Cc1cc(SNCCCN2CCOCC2)ccc1N. The van der Waals surface area contributed by atoms with Crippen molar-refractivity contribution in [2.45, 2.75) is 18.2 Å². The molecule has 1 saturated heterocycles. The molecule has 1 aliphatic heterocycles. The highest BCUT2D eigenvalue weighted by Crippen LogP contribution is 2.19. The van der Waals surface area contributed by atoms with Gasteiger partial charge in [0.1, 0.15) is 0 Å². The van der Waals surface area contributed by atoms with Crippen LogP contribution in [-0.2, 0) is 4.74 Å². The highest BCUT2D eigenvalue weighted by molar-refractivity contribution is 7.97. The third-order valence-corrected chi connectivity index (χ3v) is 4.13. The first-order chi connectivity index (χ1) is 9.25. The minimum absolute atomic E-state index is 0.858. The molecule has 106 valence electrons. The van der Waals surface area contributed by atoms with Gasteiger partial charge in [-0.3, -0.25) is 9.62 Å². The number of nitrogen functional groups attached to an aromatic ring is 1. The highest BCUT2D eigenvalue weighted by atomic mass is 32.2. The predicted molar refractivity (Wildman–Crippen MR) is 81.3 cm³/mol. The first-order valence-electron chi connectivity index (χ1n) is 6.81. The van der Waals surface area contributed by atoms with Crippen LogP contribution in [0, 0.1) is 6.92 Å². The van der Waals surface area contributed by atoms with Gasteiger partial charge in [-0.15, -0.1) is 0 Å². The lowest BCUT2D eigenvalue weighted by Gasteiger charge is -2.26. The van der Waals surface area contributed by atoms with Gasteiger partial charge in [0, 0.05) is 30.2 Å². The molecule has 0 unspecified atom stereocenters. The predicted octanol–water partition coefficient (Wildman–Crippen LogP) is 1.90. The summed E-state index contributed by atoms with van der Waals surface area (Å²) in [7, 11) is 0. The van der Waals surface area contributed by atoms with Crippen LogP contribution >= 0.6 is 11.9 Å². The summed E-state index contributed by atoms with van der Waals surface area (Å²) in [5.74, 6) is 0. The van der Waals surface area contributed by atoms with Crippen LogP contribution in [0.1, 0.15) is 12.0 Å². The summed E-state index contributed by atoms with van der Waals surface area (Å²) in [4.78, 5) is 3.68. The molecule has 0 aliphatic carbocycles. The van der Waals surface area contributed by atoms with E-state index < -0.39 is 0 Å². The summed E-state index contributed by atoms with van der Waals surface area (Å²) in [6, 6.07) is 6.14. The first-order valence-corrected chi connectivity index (χ1v) is 7.63. The summed E-state index contributed by atoms with van der Waals surface area (Å²) >= 11 is 1.68. The van der Waals surface area contributed by atoms with Gasteiger partial charge in [0.25, 0.3) is 0 Å². The molecule has 19 heavy (non-hydrogen) atoms. The largest absolute Gasteiger partial charge is 0.399 e. The molecule has 0 bridgehead atoms. The van der Waals surface area contributed by atoms with Gasteiger partial charge in [0.05, 0.1) is 13.2 Å². The van der Waals surface area contributed by atoms with E-state index in [4.69, 9.17) is 10.5 Å². The van der Waals surface area contributed by atoms with E-state index in [0.29, 0.717) is 0 Å². The fraction of sp³-hybridized carbons (Fsp3) is 0.571. The number of nitrogens with zero attached hydrogens (tertiary/aromatic N) is 1. The minimum Gasteiger partial charge on any atom is -0.399 e. The van der Waals surface area contributed by atoms with Crippen molar-refractivity contribution in [1.29, 1.82) is 0 Å². The van der Waals surface area contributed by atoms with Crippen molar-refractivity contribution in [3.05, 3.63) is 23.8 Å². The van der Waals surface area contributed by atoms with Crippen LogP contribution in [0.25, 0.3) is 0 Å².